The number of sulfonamides is 1. The molecule has 0 fully saturated rings. The Hall–Kier alpha value is -2.64. The number of halogens is 2. The van der Waals surface area contributed by atoms with Crippen LogP contribution in [0.25, 0.3) is 0 Å². The van der Waals surface area contributed by atoms with Crippen molar-refractivity contribution in [2.75, 3.05) is 0 Å². The summed E-state index contributed by atoms with van der Waals surface area (Å²) < 4.78 is 29.7. The maximum Gasteiger partial charge on any atom is 0.246 e. The Bertz CT molecular complexity index is 1340. The summed E-state index contributed by atoms with van der Waals surface area (Å²) in [4.78, 5) is 12.6. The molecule has 1 aliphatic rings. The molecular weight excluding hydrogens is 479 g/mol. The molecule has 8 heteroatoms. The monoisotopic (exact) mass is 500 g/mol. The Labute approximate surface area is 203 Å². The van der Waals surface area contributed by atoms with Gasteiger partial charge in [-0.15, -0.1) is 0 Å². The Morgan fingerprint density at radius 2 is 1.64 bits per heavy atom. The lowest BCUT2D eigenvalue weighted by Crippen LogP contribution is -2.43. The van der Waals surface area contributed by atoms with Crippen LogP contribution in [0, 0.1) is 6.92 Å². The SMILES string of the molecule is Cc1ccccc1S(=O)(=O)N1C(c2ccc(Cl)cc2)CC=C(C(N)=O)[C@@H]1c1cccc(Cl)c1. The Morgan fingerprint density at radius 3 is 2.27 bits per heavy atom. The molecule has 4 rings (SSSR count). The number of carbonyl (C=O) groups is 1. The van der Waals surface area contributed by atoms with Crippen LogP contribution in [-0.2, 0) is 14.8 Å². The van der Waals surface area contributed by atoms with Gasteiger partial charge < -0.3 is 5.73 Å². The molecule has 0 saturated carbocycles. The van der Waals surface area contributed by atoms with Gasteiger partial charge in [0.15, 0.2) is 0 Å². The van der Waals surface area contributed by atoms with Crippen LogP contribution in [0.1, 0.15) is 35.2 Å². The van der Waals surface area contributed by atoms with Crippen LogP contribution in [0.2, 0.25) is 10.0 Å². The maximum atomic E-state index is 14.2. The molecule has 3 aromatic rings. The average Bonchev–Trinajstić information content (AvgIpc) is 2.78. The van der Waals surface area contributed by atoms with E-state index in [4.69, 9.17) is 28.9 Å². The average molecular weight is 501 g/mol. The van der Waals surface area contributed by atoms with Gasteiger partial charge in [0.2, 0.25) is 15.9 Å². The third kappa shape index (κ3) is 4.57. The molecule has 0 saturated heterocycles. The molecule has 0 bridgehead atoms. The second kappa shape index (κ2) is 9.31. The Kier molecular flexibility index (Phi) is 6.64. The van der Waals surface area contributed by atoms with Crippen molar-refractivity contribution in [3.05, 3.63) is 111 Å². The van der Waals surface area contributed by atoms with Crippen LogP contribution in [0.15, 0.2) is 89.3 Å². The third-order valence-corrected chi connectivity index (χ3v) is 8.29. The molecule has 1 amide bonds. The van der Waals surface area contributed by atoms with E-state index in [9.17, 15) is 13.2 Å². The standard InChI is InChI=1S/C25H22Cl2N2O3S/c1-16-5-2-3-8-23(16)33(31,32)29-22(17-9-11-19(26)12-10-17)14-13-21(25(28)30)24(29)18-6-4-7-20(27)15-18/h2-13,15,22,24H,14H2,1H3,(H2,28,30)/t22?,24-/m0/s1. The van der Waals surface area contributed by atoms with Gasteiger partial charge in [0.05, 0.1) is 17.0 Å². The fourth-order valence-electron chi connectivity index (χ4n) is 4.24. The lowest BCUT2D eigenvalue weighted by molar-refractivity contribution is -0.115. The smallest absolute Gasteiger partial charge is 0.246 e. The van der Waals surface area contributed by atoms with Gasteiger partial charge in [0, 0.05) is 15.6 Å². The molecule has 2 N–H and O–H groups in total. The summed E-state index contributed by atoms with van der Waals surface area (Å²) in [7, 11) is -4.07. The van der Waals surface area contributed by atoms with Crippen molar-refractivity contribution in [3.8, 4) is 0 Å². The van der Waals surface area contributed by atoms with Crippen LogP contribution in [0.3, 0.4) is 0 Å². The van der Waals surface area contributed by atoms with Crippen LogP contribution in [0.4, 0.5) is 0 Å². The molecule has 33 heavy (non-hydrogen) atoms. The molecule has 1 unspecified atom stereocenters. The van der Waals surface area contributed by atoms with E-state index in [-0.39, 0.29) is 16.9 Å². The fourth-order valence-corrected chi connectivity index (χ4v) is 6.58. The second-order valence-corrected chi connectivity index (χ2v) is 10.6. The van der Waals surface area contributed by atoms with E-state index in [1.807, 2.05) is 0 Å². The van der Waals surface area contributed by atoms with Gasteiger partial charge in [-0.1, -0.05) is 71.7 Å². The van der Waals surface area contributed by atoms with Crippen molar-refractivity contribution in [2.45, 2.75) is 30.3 Å². The molecular formula is C25H22Cl2N2O3S. The second-order valence-electron chi connectivity index (χ2n) is 7.88. The lowest BCUT2D eigenvalue weighted by atomic mass is 9.89. The lowest BCUT2D eigenvalue weighted by Gasteiger charge is -2.41. The number of rotatable bonds is 5. The van der Waals surface area contributed by atoms with Gasteiger partial charge >= 0.3 is 0 Å². The summed E-state index contributed by atoms with van der Waals surface area (Å²) in [6, 6.07) is 19.1. The highest BCUT2D eigenvalue weighted by Crippen LogP contribution is 2.46. The highest BCUT2D eigenvalue weighted by Gasteiger charge is 2.44. The number of hydrogen-bond donors (Lipinski definition) is 1. The van der Waals surface area contributed by atoms with Crippen LogP contribution < -0.4 is 5.73 Å². The number of nitrogens with zero attached hydrogens (tertiary/aromatic N) is 1. The van der Waals surface area contributed by atoms with E-state index >= 15 is 0 Å². The molecule has 3 aromatic carbocycles. The highest BCUT2D eigenvalue weighted by atomic mass is 35.5. The largest absolute Gasteiger partial charge is 0.366 e. The van der Waals surface area contributed by atoms with E-state index in [2.05, 4.69) is 0 Å². The normalized spacial score (nSPS) is 19.2. The van der Waals surface area contributed by atoms with Crippen LogP contribution in [-0.4, -0.2) is 18.6 Å². The first-order chi connectivity index (χ1) is 15.7. The van der Waals surface area contributed by atoms with Crippen molar-refractivity contribution >= 4 is 39.1 Å². The van der Waals surface area contributed by atoms with Gasteiger partial charge in [0.1, 0.15) is 0 Å². The summed E-state index contributed by atoms with van der Waals surface area (Å²) in [6.07, 6.45) is 2.00. The van der Waals surface area contributed by atoms with Gasteiger partial charge in [-0.05, 0) is 60.4 Å². The summed E-state index contributed by atoms with van der Waals surface area (Å²) in [5.74, 6) is -0.681. The van der Waals surface area contributed by atoms with Gasteiger partial charge in [0.25, 0.3) is 0 Å². The summed E-state index contributed by atoms with van der Waals surface area (Å²) in [6.45, 7) is 1.74. The van der Waals surface area contributed by atoms with Crippen molar-refractivity contribution in [1.82, 2.24) is 4.31 Å². The van der Waals surface area contributed by atoms with E-state index in [0.717, 1.165) is 5.56 Å². The van der Waals surface area contributed by atoms with Crippen LogP contribution in [0.5, 0.6) is 0 Å². The molecule has 1 aliphatic heterocycles. The number of hydrogen-bond acceptors (Lipinski definition) is 3. The third-order valence-electron chi connectivity index (χ3n) is 5.77. The molecule has 0 spiro atoms. The van der Waals surface area contributed by atoms with E-state index < -0.39 is 28.0 Å². The maximum absolute atomic E-state index is 14.2. The molecule has 0 aliphatic carbocycles. The minimum Gasteiger partial charge on any atom is -0.366 e. The zero-order valence-corrected chi connectivity index (χ0v) is 20.1. The minimum absolute atomic E-state index is 0.168. The summed E-state index contributed by atoms with van der Waals surface area (Å²) in [5, 5.41) is 0.973. The number of primary amides is 1. The van der Waals surface area contributed by atoms with Crippen LogP contribution >= 0.6 is 23.2 Å². The first-order valence-electron chi connectivity index (χ1n) is 10.3. The predicted molar refractivity (Wildman–Crippen MR) is 130 cm³/mol. The Balaban J connectivity index is 2.00. The van der Waals surface area contributed by atoms with E-state index in [0.29, 0.717) is 21.2 Å². The van der Waals surface area contributed by atoms with Gasteiger partial charge in [-0.25, -0.2) is 8.42 Å². The number of benzene rings is 3. The molecule has 5 nitrogen and oxygen atoms in total. The topological polar surface area (TPSA) is 80.5 Å². The number of aryl methyl sites for hydroxylation is 1. The van der Waals surface area contributed by atoms with E-state index in [1.165, 1.54) is 4.31 Å². The van der Waals surface area contributed by atoms with Crippen molar-refractivity contribution in [1.29, 1.82) is 0 Å². The fraction of sp³-hybridized carbons (Fsp3) is 0.160. The molecule has 0 aromatic heterocycles. The van der Waals surface area contributed by atoms with Gasteiger partial charge in [-0.3, -0.25) is 4.79 Å². The molecule has 1 heterocycles. The number of carbonyl (C=O) groups excluding carboxylic acids is 1. The predicted octanol–water partition coefficient (Wildman–Crippen LogP) is 5.59. The highest BCUT2D eigenvalue weighted by molar-refractivity contribution is 7.89. The number of amides is 1. The number of nitrogens with two attached hydrogens (primary N) is 1. The van der Waals surface area contributed by atoms with Gasteiger partial charge in [-0.2, -0.15) is 4.31 Å². The summed E-state index contributed by atoms with van der Waals surface area (Å²) in [5.41, 5.74) is 7.86. The molecule has 0 radical (unpaired) electrons. The quantitative estimate of drug-likeness (QED) is 0.495. The molecule has 170 valence electrons. The zero-order chi connectivity index (χ0) is 23.8. The van der Waals surface area contributed by atoms with E-state index in [1.54, 1.807) is 85.8 Å². The molecule has 2 atom stereocenters. The first kappa shape index (κ1) is 23.5. The first-order valence-corrected chi connectivity index (χ1v) is 12.5. The Morgan fingerprint density at radius 1 is 0.939 bits per heavy atom. The minimum atomic E-state index is -4.07. The summed E-state index contributed by atoms with van der Waals surface area (Å²) >= 11 is 12.3. The van der Waals surface area contributed by atoms with Crippen molar-refractivity contribution < 1.29 is 13.2 Å². The van der Waals surface area contributed by atoms with Crippen molar-refractivity contribution in [3.63, 3.8) is 0 Å². The van der Waals surface area contributed by atoms with Crippen molar-refractivity contribution in [2.24, 2.45) is 5.73 Å². The zero-order valence-electron chi connectivity index (χ0n) is 17.8.